The monoisotopic (exact) mass is 215 g/mol. The average molecular weight is 215 g/mol. The van der Waals surface area contributed by atoms with Gasteiger partial charge in [-0.2, -0.15) is 5.10 Å². The lowest BCUT2D eigenvalue weighted by Crippen LogP contribution is -2.23. The van der Waals surface area contributed by atoms with Gasteiger partial charge in [0.05, 0.1) is 18.0 Å². The molecule has 86 valence electrons. The molecule has 0 aliphatic carbocycles. The Kier molecular flexibility index (Phi) is 6.96. The summed E-state index contributed by atoms with van der Waals surface area (Å²) in [6, 6.07) is 0. The minimum absolute atomic E-state index is 0.313. The van der Waals surface area contributed by atoms with Gasteiger partial charge in [0.15, 0.2) is 0 Å². The first kappa shape index (κ1) is 13.4. The molecule has 0 fully saturated rings. The van der Waals surface area contributed by atoms with Crippen LogP contribution in [0.2, 0.25) is 0 Å². The van der Waals surface area contributed by atoms with Crippen molar-refractivity contribution < 1.29 is 14.4 Å². The van der Waals surface area contributed by atoms with Gasteiger partial charge in [-0.05, 0) is 20.3 Å². The molecule has 0 aliphatic heterocycles. The van der Waals surface area contributed by atoms with Crippen molar-refractivity contribution in [1.29, 1.82) is 0 Å². The van der Waals surface area contributed by atoms with Crippen molar-refractivity contribution in [3.63, 3.8) is 0 Å². The molecular formula is C9H17N3O3. The molecule has 0 radical (unpaired) electrons. The summed E-state index contributed by atoms with van der Waals surface area (Å²) in [5, 5.41) is 7.57. The van der Waals surface area contributed by atoms with Crippen LogP contribution in [0.25, 0.3) is 0 Å². The molecule has 0 aromatic carbocycles. The lowest BCUT2D eigenvalue weighted by atomic mass is 10.2. The van der Waals surface area contributed by atoms with Crippen molar-refractivity contribution in [3.05, 3.63) is 0 Å². The van der Waals surface area contributed by atoms with Gasteiger partial charge in [0.2, 0.25) is 0 Å². The highest BCUT2D eigenvalue weighted by Crippen LogP contribution is 1.91. The van der Waals surface area contributed by atoms with E-state index in [4.69, 9.17) is 0 Å². The number of nitrogens with zero attached hydrogens (tertiary/aromatic N) is 2. The molecule has 0 aromatic heterocycles. The van der Waals surface area contributed by atoms with Crippen molar-refractivity contribution in [2.45, 2.75) is 27.2 Å². The van der Waals surface area contributed by atoms with Crippen molar-refractivity contribution >= 4 is 17.5 Å². The number of hydrogen-bond acceptors (Lipinski definition) is 5. The number of ether oxygens (including phenoxy) is 1. The smallest absolute Gasteiger partial charge is 0.427 e. The van der Waals surface area contributed by atoms with Crippen LogP contribution in [0.15, 0.2) is 10.3 Å². The summed E-state index contributed by atoms with van der Waals surface area (Å²) < 4.78 is 4.65. The second-order valence-corrected chi connectivity index (χ2v) is 2.60. The molecule has 1 amide bonds. The Morgan fingerprint density at radius 2 is 2.07 bits per heavy atom. The van der Waals surface area contributed by atoms with E-state index in [0.29, 0.717) is 24.5 Å². The minimum atomic E-state index is -0.575. The molecular weight excluding hydrogens is 198 g/mol. The van der Waals surface area contributed by atoms with E-state index in [-0.39, 0.29) is 0 Å². The molecule has 1 N–H and O–H groups in total. The lowest BCUT2D eigenvalue weighted by molar-refractivity contribution is 0.152. The molecule has 15 heavy (non-hydrogen) atoms. The maximum atomic E-state index is 10.9. The fraction of sp³-hybridized carbons (Fsp3) is 0.667. The van der Waals surface area contributed by atoms with Crippen molar-refractivity contribution in [2.75, 3.05) is 13.7 Å². The van der Waals surface area contributed by atoms with Gasteiger partial charge in [-0.3, -0.25) is 0 Å². The number of carbonyl (C=O) groups excluding carboxylic acids is 1. The zero-order chi connectivity index (χ0) is 11.7. The standard InChI is InChI=1S/C9H17N3O3/c1-5-8(7(3)12-14-4)10-11-9(13)15-6-2/h5-6H2,1-4H3,(H,11,13)/b10-8+,12-7+. The Hall–Kier alpha value is -1.59. The molecule has 0 unspecified atom stereocenters. The highest BCUT2D eigenvalue weighted by atomic mass is 16.6. The first-order valence-electron chi connectivity index (χ1n) is 4.73. The summed E-state index contributed by atoms with van der Waals surface area (Å²) in [7, 11) is 1.45. The molecule has 6 nitrogen and oxygen atoms in total. The molecule has 0 heterocycles. The van der Waals surface area contributed by atoms with E-state index < -0.39 is 6.09 Å². The Morgan fingerprint density at radius 1 is 1.40 bits per heavy atom. The normalized spacial score (nSPS) is 12.3. The Bertz CT molecular complexity index is 261. The van der Waals surface area contributed by atoms with E-state index in [1.165, 1.54) is 7.11 Å². The van der Waals surface area contributed by atoms with Crippen LogP contribution in [0, 0.1) is 0 Å². The molecule has 0 atom stereocenters. The number of oxime groups is 1. The van der Waals surface area contributed by atoms with Crippen molar-refractivity contribution in [2.24, 2.45) is 10.3 Å². The summed E-state index contributed by atoms with van der Waals surface area (Å²) in [4.78, 5) is 15.5. The van der Waals surface area contributed by atoms with E-state index in [0.717, 1.165) is 0 Å². The molecule has 0 saturated heterocycles. The minimum Gasteiger partial charge on any atom is -0.449 e. The molecule has 6 heteroatoms. The fourth-order valence-corrected chi connectivity index (χ4v) is 0.882. The van der Waals surface area contributed by atoms with Gasteiger partial charge >= 0.3 is 6.09 Å². The molecule has 0 bridgehead atoms. The second kappa shape index (κ2) is 7.78. The van der Waals surface area contributed by atoms with E-state index in [9.17, 15) is 4.79 Å². The van der Waals surface area contributed by atoms with E-state index >= 15 is 0 Å². The lowest BCUT2D eigenvalue weighted by Gasteiger charge is -2.03. The number of hydrogen-bond donors (Lipinski definition) is 1. The number of amides is 1. The van der Waals surface area contributed by atoms with Gasteiger partial charge in [0, 0.05) is 0 Å². The van der Waals surface area contributed by atoms with Crippen LogP contribution in [0.4, 0.5) is 4.79 Å². The van der Waals surface area contributed by atoms with Crippen LogP contribution < -0.4 is 5.43 Å². The van der Waals surface area contributed by atoms with E-state index in [2.05, 4.69) is 25.3 Å². The molecule has 0 rings (SSSR count). The maximum absolute atomic E-state index is 10.9. The number of hydrazone groups is 1. The molecule has 0 spiro atoms. The third kappa shape index (κ3) is 5.66. The summed E-state index contributed by atoms with van der Waals surface area (Å²) in [5.74, 6) is 0. The fourth-order valence-electron chi connectivity index (χ4n) is 0.882. The third-order valence-corrected chi connectivity index (χ3v) is 1.54. The maximum Gasteiger partial charge on any atom is 0.427 e. The van der Waals surface area contributed by atoms with Crippen LogP contribution in [0.5, 0.6) is 0 Å². The first-order chi connectivity index (χ1) is 7.15. The Labute approximate surface area is 89.3 Å². The van der Waals surface area contributed by atoms with Crippen molar-refractivity contribution in [3.8, 4) is 0 Å². The highest BCUT2D eigenvalue weighted by Gasteiger charge is 2.04. The first-order valence-corrected chi connectivity index (χ1v) is 4.73. The van der Waals surface area contributed by atoms with Gasteiger partial charge < -0.3 is 9.57 Å². The average Bonchev–Trinajstić information content (AvgIpc) is 2.19. The quantitative estimate of drug-likeness (QED) is 0.558. The topological polar surface area (TPSA) is 72.3 Å². The zero-order valence-electron chi connectivity index (χ0n) is 9.53. The highest BCUT2D eigenvalue weighted by molar-refractivity contribution is 6.41. The van der Waals surface area contributed by atoms with Crippen molar-refractivity contribution in [1.82, 2.24) is 5.43 Å². The predicted octanol–water partition coefficient (Wildman–Crippen LogP) is 1.52. The van der Waals surface area contributed by atoms with Crippen LogP contribution in [-0.4, -0.2) is 31.2 Å². The SMILES string of the molecule is CCOC(=O)N/N=C(CC)/C(C)=N/OC. The van der Waals surface area contributed by atoms with Crippen LogP contribution >= 0.6 is 0 Å². The van der Waals surface area contributed by atoms with Gasteiger partial charge in [0.1, 0.15) is 7.11 Å². The van der Waals surface area contributed by atoms with Crippen LogP contribution in [-0.2, 0) is 9.57 Å². The number of rotatable bonds is 5. The number of nitrogens with one attached hydrogen (secondary N) is 1. The molecule has 0 saturated carbocycles. The van der Waals surface area contributed by atoms with Crippen LogP contribution in [0.3, 0.4) is 0 Å². The van der Waals surface area contributed by atoms with E-state index in [1.807, 2.05) is 6.92 Å². The summed E-state index contributed by atoms with van der Waals surface area (Å²) in [6.45, 7) is 5.69. The van der Waals surface area contributed by atoms with Gasteiger partial charge in [-0.1, -0.05) is 12.1 Å². The Morgan fingerprint density at radius 3 is 2.53 bits per heavy atom. The summed E-state index contributed by atoms with van der Waals surface area (Å²) in [6.07, 6.45) is 0.0686. The third-order valence-electron chi connectivity index (χ3n) is 1.54. The molecule has 0 aliphatic rings. The van der Waals surface area contributed by atoms with E-state index in [1.54, 1.807) is 13.8 Å². The van der Waals surface area contributed by atoms with Crippen LogP contribution in [0.1, 0.15) is 27.2 Å². The number of carbonyl (C=O) groups is 1. The summed E-state index contributed by atoms with van der Waals surface area (Å²) >= 11 is 0. The summed E-state index contributed by atoms with van der Waals surface area (Å²) in [5.41, 5.74) is 3.53. The Balaban J connectivity index is 4.34. The predicted molar refractivity (Wildman–Crippen MR) is 58.0 cm³/mol. The second-order valence-electron chi connectivity index (χ2n) is 2.60. The van der Waals surface area contributed by atoms with Gasteiger partial charge in [-0.15, -0.1) is 0 Å². The zero-order valence-corrected chi connectivity index (χ0v) is 9.53. The van der Waals surface area contributed by atoms with Gasteiger partial charge in [0.25, 0.3) is 0 Å². The molecule has 0 aromatic rings. The van der Waals surface area contributed by atoms with Gasteiger partial charge in [-0.25, -0.2) is 10.2 Å². The largest absolute Gasteiger partial charge is 0.449 e.